The van der Waals surface area contributed by atoms with Crippen LogP contribution in [0.3, 0.4) is 0 Å². The minimum Gasteiger partial charge on any atom is -0.486 e. The lowest BCUT2D eigenvalue weighted by molar-refractivity contribution is -0.118. The summed E-state index contributed by atoms with van der Waals surface area (Å²) in [4.78, 5) is 41.1. The van der Waals surface area contributed by atoms with E-state index in [1.807, 2.05) is 12.1 Å². The van der Waals surface area contributed by atoms with Crippen LogP contribution in [0.25, 0.3) is 10.9 Å². The normalized spacial score (nSPS) is 17.6. The van der Waals surface area contributed by atoms with Crippen LogP contribution in [0, 0.1) is 11.6 Å². The molecule has 3 N–H and O–H groups in total. The van der Waals surface area contributed by atoms with Crippen molar-refractivity contribution in [1.82, 2.24) is 9.88 Å². The van der Waals surface area contributed by atoms with Gasteiger partial charge in [-0.05, 0) is 37.3 Å². The van der Waals surface area contributed by atoms with Crippen molar-refractivity contribution in [2.45, 2.75) is 19.0 Å². The SMILES string of the molecule is CC1COc2c(F)c(F)cc3c(=O)c(C(=O)NC(CO)C(=O)Nc4ccc(N5CCOCC5)cc4)cn1c23. The van der Waals surface area contributed by atoms with E-state index in [-0.39, 0.29) is 29.1 Å². The topological polar surface area (TPSA) is 122 Å². The fourth-order valence-corrected chi connectivity index (χ4v) is 4.59. The van der Waals surface area contributed by atoms with E-state index in [4.69, 9.17) is 9.47 Å². The lowest BCUT2D eigenvalue weighted by atomic mass is 10.1. The van der Waals surface area contributed by atoms with Gasteiger partial charge in [0.05, 0.1) is 36.8 Å². The number of ether oxygens (including phenoxy) is 2. The lowest BCUT2D eigenvalue weighted by Crippen LogP contribution is -2.47. The van der Waals surface area contributed by atoms with Crippen LogP contribution in [-0.2, 0) is 9.53 Å². The first-order chi connectivity index (χ1) is 18.3. The second-order valence-corrected chi connectivity index (χ2v) is 9.18. The van der Waals surface area contributed by atoms with Crippen LogP contribution in [0.1, 0.15) is 23.3 Å². The summed E-state index contributed by atoms with van der Waals surface area (Å²) >= 11 is 0. The predicted octanol–water partition coefficient (Wildman–Crippen LogP) is 1.80. The molecule has 0 bridgehead atoms. The number of hydrogen-bond acceptors (Lipinski definition) is 7. The van der Waals surface area contributed by atoms with Crippen molar-refractivity contribution in [3.05, 3.63) is 63.9 Å². The molecule has 2 aliphatic rings. The van der Waals surface area contributed by atoms with Gasteiger partial charge in [0.2, 0.25) is 17.2 Å². The first kappa shape index (κ1) is 25.6. The number of carbonyl (C=O) groups excluding carboxylic acids is 2. The molecule has 0 saturated carbocycles. The van der Waals surface area contributed by atoms with Gasteiger partial charge in [-0.2, -0.15) is 4.39 Å². The summed E-state index contributed by atoms with van der Waals surface area (Å²) in [7, 11) is 0. The Bertz CT molecular complexity index is 1450. The molecule has 12 heteroatoms. The first-order valence-corrected chi connectivity index (χ1v) is 12.1. The Morgan fingerprint density at radius 3 is 2.58 bits per heavy atom. The molecule has 2 aromatic carbocycles. The molecule has 2 unspecified atom stereocenters. The average Bonchev–Trinajstić information content (AvgIpc) is 2.93. The third-order valence-corrected chi connectivity index (χ3v) is 6.67. The summed E-state index contributed by atoms with van der Waals surface area (Å²) in [6, 6.07) is 6.05. The molecule has 2 atom stereocenters. The number of aliphatic hydroxyl groups is 1. The molecular formula is C26H26F2N4O6. The summed E-state index contributed by atoms with van der Waals surface area (Å²) in [5.41, 5.74) is 0.222. The number of benzene rings is 2. The van der Waals surface area contributed by atoms with Gasteiger partial charge >= 0.3 is 0 Å². The fraction of sp³-hybridized carbons (Fsp3) is 0.346. The second-order valence-electron chi connectivity index (χ2n) is 9.18. The number of morpholine rings is 1. The van der Waals surface area contributed by atoms with Crippen molar-refractivity contribution in [3.8, 4) is 5.75 Å². The van der Waals surface area contributed by atoms with E-state index in [1.54, 1.807) is 19.1 Å². The van der Waals surface area contributed by atoms with Gasteiger partial charge < -0.3 is 34.7 Å². The number of pyridine rings is 1. The summed E-state index contributed by atoms with van der Waals surface area (Å²) in [5.74, 6) is -4.53. The number of halogens is 2. The highest BCUT2D eigenvalue weighted by Gasteiger charge is 2.29. The highest BCUT2D eigenvalue weighted by Crippen LogP contribution is 2.35. The molecule has 38 heavy (non-hydrogen) atoms. The summed E-state index contributed by atoms with van der Waals surface area (Å²) < 4.78 is 40.6. The quantitative estimate of drug-likeness (QED) is 0.446. The molecule has 0 spiro atoms. The number of hydrogen-bond donors (Lipinski definition) is 3. The van der Waals surface area contributed by atoms with Crippen LogP contribution in [-0.4, -0.2) is 67.0 Å². The standard InChI is InChI=1S/C26H26F2N4O6/c1-14-13-38-24-21(28)19(27)10-17-22(24)32(14)11-18(23(17)34)25(35)30-20(12-33)26(36)29-15-2-4-16(5-3-15)31-6-8-37-9-7-31/h2-5,10-11,14,20,33H,6-9,12-13H2,1H3,(H,29,36)(H,30,35). The molecule has 3 heterocycles. The van der Waals surface area contributed by atoms with Gasteiger partial charge in [-0.1, -0.05) is 0 Å². The van der Waals surface area contributed by atoms with E-state index in [0.717, 1.165) is 24.8 Å². The van der Waals surface area contributed by atoms with Crippen LogP contribution < -0.4 is 25.7 Å². The molecular weight excluding hydrogens is 502 g/mol. The monoisotopic (exact) mass is 528 g/mol. The van der Waals surface area contributed by atoms with E-state index < -0.39 is 47.3 Å². The van der Waals surface area contributed by atoms with Crippen molar-refractivity contribution < 1.29 is 33.0 Å². The number of rotatable bonds is 6. The van der Waals surface area contributed by atoms with Crippen LogP contribution in [0.2, 0.25) is 0 Å². The van der Waals surface area contributed by atoms with Crippen LogP contribution in [0.5, 0.6) is 5.75 Å². The fourth-order valence-electron chi connectivity index (χ4n) is 4.59. The Hall–Kier alpha value is -4.03. The summed E-state index contributed by atoms with van der Waals surface area (Å²) in [6.45, 7) is 3.78. The van der Waals surface area contributed by atoms with Gasteiger partial charge in [-0.3, -0.25) is 14.4 Å². The molecule has 0 aliphatic carbocycles. The molecule has 3 aromatic rings. The Labute approximate surface area is 215 Å². The minimum atomic E-state index is -1.38. The molecule has 1 aromatic heterocycles. The molecule has 0 radical (unpaired) electrons. The van der Waals surface area contributed by atoms with Crippen molar-refractivity contribution >= 4 is 34.1 Å². The van der Waals surface area contributed by atoms with E-state index in [0.29, 0.717) is 18.9 Å². The zero-order valence-electron chi connectivity index (χ0n) is 20.5. The molecule has 1 saturated heterocycles. The van der Waals surface area contributed by atoms with E-state index in [9.17, 15) is 28.3 Å². The van der Waals surface area contributed by atoms with Gasteiger partial charge in [0.25, 0.3) is 5.91 Å². The Morgan fingerprint density at radius 2 is 1.89 bits per heavy atom. The second kappa shape index (κ2) is 10.4. The molecule has 10 nitrogen and oxygen atoms in total. The van der Waals surface area contributed by atoms with Crippen LogP contribution in [0.4, 0.5) is 20.2 Å². The smallest absolute Gasteiger partial charge is 0.257 e. The summed E-state index contributed by atoms with van der Waals surface area (Å²) in [6.07, 6.45) is 1.23. The van der Waals surface area contributed by atoms with Crippen LogP contribution in [0.15, 0.2) is 41.3 Å². The van der Waals surface area contributed by atoms with Crippen molar-refractivity contribution in [2.75, 3.05) is 49.7 Å². The van der Waals surface area contributed by atoms with Gasteiger partial charge in [-0.15, -0.1) is 0 Å². The predicted molar refractivity (Wildman–Crippen MR) is 135 cm³/mol. The number of anilines is 2. The lowest BCUT2D eigenvalue weighted by Gasteiger charge is -2.29. The maximum Gasteiger partial charge on any atom is 0.257 e. The number of nitrogens with zero attached hydrogens (tertiary/aromatic N) is 2. The molecule has 2 amide bonds. The van der Waals surface area contributed by atoms with Gasteiger partial charge in [-0.25, -0.2) is 4.39 Å². The first-order valence-electron chi connectivity index (χ1n) is 12.1. The zero-order chi connectivity index (χ0) is 27.0. The summed E-state index contributed by atoms with van der Waals surface area (Å²) in [5, 5.41) is 14.6. The van der Waals surface area contributed by atoms with Crippen molar-refractivity contribution in [1.29, 1.82) is 0 Å². The van der Waals surface area contributed by atoms with Gasteiger partial charge in [0, 0.05) is 30.7 Å². The number of carbonyl (C=O) groups is 2. The molecule has 200 valence electrons. The highest BCUT2D eigenvalue weighted by molar-refractivity contribution is 6.03. The highest BCUT2D eigenvalue weighted by atomic mass is 19.2. The Balaban J connectivity index is 1.35. The van der Waals surface area contributed by atoms with Gasteiger partial charge in [0.1, 0.15) is 18.2 Å². The number of aromatic nitrogens is 1. The Morgan fingerprint density at radius 1 is 1.18 bits per heavy atom. The maximum absolute atomic E-state index is 14.3. The third kappa shape index (κ3) is 4.68. The largest absolute Gasteiger partial charge is 0.486 e. The van der Waals surface area contributed by atoms with E-state index in [1.165, 1.54) is 10.8 Å². The average molecular weight is 529 g/mol. The number of amides is 2. The van der Waals surface area contributed by atoms with E-state index >= 15 is 0 Å². The third-order valence-electron chi connectivity index (χ3n) is 6.67. The molecule has 1 fully saturated rings. The van der Waals surface area contributed by atoms with Crippen molar-refractivity contribution in [3.63, 3.8) is 0 Å². The molecule has 5 rings (SSSR count). The number of aliphatic hydroxyl groups excluding tert-OH is 1. The molecule has 2 aliphatic heterocycles. The zero-order valence-corrected chi connectivity index (χ0v) is 20.5. The number of nitrogens with one attached hydrogen (secondary N) is 2. The van der Waals surface area contributed by atoms with Crippen LogP contribution >= 0.6 is 0 Å². The maximum atomic E-state index is 14.3. The Kier molecular flexibility index (Phi) is 7.00. The minimum absolute atomic E-state index is 0.00159. The van der Waals surface area contributed by atoms with Gasteiger partial charge in [0.15, 0.2) is 11.6 Å². The van der Waals surface area contributed by atoms with E-state index in [2.05, 4.69) is 15.5 Å². The van der Waals surface area contributed by atoms with Crippen molar-refractivity contribution in [2.24, 2.45) is 0 Å².